The Bertz CT molecular complexity index is 425. The fraction of sp³-hybridized carbons (Fsp3) is 0.333. The topological polar surface area (TPSA) is 67.1 Å². The van der Waals surface area contributed by atoms with Gasteiger partial charge < -0.3 is 0 Å². The normalized spacial score (nSPS) is 10.9. The lowest BCUT2D eigenvalue weighted by Crippen LogP contribution is -2.16. The third kappa shape index (κ3) is 2.99. The van der Waals surface area contributed by atoms with E-state index < -0.39 is 0 Å². The zero-order chi connectivity index (χ0) is 11.4. The lowest BCUT2D eigenvalue weighted by atomic mass is 10.4. The van der Waals surface area contributed by atoms with Crippen LogP contribution >= 0.6 is 22.7 Å². The summed E-state index contributed by atoms with van der Waals surface area (Å²) in [5.74, 6) is 5.25. The molecule has 2 aromatic heterocycles. The van der Waals surface area contributed by atoms with Gasteiger partial charge >= 0.3 is 0 Å². The SMILES string of the molecule is CN(Cc1cccs1)Cc1nnc(NN)s1. The van der Waals surface area contributed by atoms with E-state index >= 15 is 0 Å². The van der Waals surface area contributed by atoms with Crippen LogP contribution in [0.5, 0.6) is 0 Å². The molecule has 2 aromatic rings. The Balaban J connectivity index is 1.89. The molecule has 7 heteroatoms. The standard InChI is InChI=1S/C9H13N5S2/c1-14(5-7-3-2-4-15-7)6-8-12-13-9(11-10)16-8/h2-4H,5-6,10H2,1H3,(H,11,13). The number of anilines is 1. The van der Waals surface area contributed by atoms with Crippen LogP contribution in [0.15, 0.2) is 17.5 Å². The molecule has 0 aliphatic heterocycles. The molecule has 2 rings (SSSR count). The van der Waals surface area contributed by atoms with Crippen molar-refractivity contribution in [1.29, 1.82) is 0 Å². The van der Waals surface area contributed by atoms with Gasteiger partial charge in [-0.25, -0.2) is 5.84 Å². The fourth-order valence-electron chi connectivity index (χ4n) is 1.33. The van der Waals surface area contributed by atoms with Crippen LogP contribution in [0.4, 0.5) is 5.13 Å². The second kappa shape index (κ2) is 5.35. The van der Waals surface area contributed by atoms with Crippen molar-refractivity contribution >= 4 is 27.8 Å². The molecule has 0 aromatic carbocycles. The van der Waals surface area contributed by atoms with Gasteiger partial charge in [0.2, 0.25) is 5.13 Å². The molecule has 2 heterocycles. The molecule has 3 N–H and O–H groups in total. The molecular formula is C9H13N5S2. The van der Waals surface area contributed by atoms with Gasteiger partial charge in [-0.3, -0.25) is 10.3 Å². The van der Waals surface area contributed by atoms with Gasteiger partial charge in [-0.1, -0.05) is 17.4 Å². The van der Waals surface area contributed by atoms with Gasteiger partial charge in [-0.05, 0) is 18.5 Å². The molecule has 0 aliphatic rings. The van der Waals surface area contributed by atoms with E-state index in [0.29, 0.717) is 5.13 Å². The third-order valence-corrected chi connectivity index (χ3v) is 3.70. The number of rotatable bonds is 5. The van der Waals surface area contributed by atoms with Gasteiger partial charge in [0.15, 0.2) is 0 Å². The first-order valence-electron chi connectivity index (χ1n) is 4.78. The predicted octanol–water partition coefficient (Wildman–Crippen LogP) is 1.52. The number of hydrogen-bond acceptors (Lipinski definition) is 7. The van der Waals surface area contributed by atoms with Crippen LogP contribution in [-0.4, -0.2) is 22.1 Å². The van der Waals surface area contributed by atoms with Crippen molar-refractivity contribution < 1.29 is 0 Å². The Kier molecular flexibility index (Phi) is 3.83. The van der Waals surface area contributed by atoms with Crippen LogP contribution in [0, 0.1) is 0 Å². The van der Waals surface area contributed by atoms with Crippen LogP contribution in [-0.2, 0) is 13.1 Å². The number of nitrogens with two attached hydrogens (primary N) is 1. The first-order chi connectivity index (χ1) is 7.78. The second-order valence-corrected chi connectivity index (χ2v) is 5.49. The Morgan fingerprint density at radius 2 is 2.31 bits per heavy atom. The van der Waals surface area contributed by atoms with E-state index in [-0.39, 0.29) is 0 Å². The molecule has 0 spiro atoms. The molecule has 0 fully saturated rings. The smallest absolute Gasteiger partial charge is 0.219 e. The van der Waals surface area contributed by atoms with Crippen LogP contribution in [0.2, 0.25) is 0 Å². The van der Waals surface area contributed by atoms with E-state index in [1.807, 2.05) is 0 Å². The number of nitrogens with one attached hydrogen (secondary N) is 1. The van der Waals surface area contributed by atoms with E-state index in [1.165, 1.54) is 16.2 Å². The number of nitrogens with zero attached hydrogens (tertiary/aromatic N) is 3. The summed E-state index contributed by atoms with van der Waals surface area (Å²) >= 11 is 3.24. The molecule has 0 atom stereocenters. The summed E-state index contributed by atoms with van der Waals surface area (Å²) in [6, 6.07) is 4.20. The monoisotopic (exact) mass is 255 g/mol. The van der Waals surface area contributed by atoms with E-state index in [0.717, 1.165) is 18.1 Å². The average Bonchev–Trinajstić information content (AvgIpc) is 2.89. The molecule has 0 amide bonds. The Labute approximate surface area is 102 Å². The summed E-state index contributed by atoms with van der Waals surface area (Å²) in [4.78, 5) is 3.55. The Morgan fingerprint density at radius 3 is 2.94 bits per heavy atom. The minimum atomic E-state index is 0.652. The molecule has 0 unspecified atom stereocenters. The highest BCUT2D eigenvalue weighted by Gasteiger charge is 2.07. The van der Waals surface area contributed by atoms with Gasteiger partial charge in [0.25, 0.3) is 0 Å². The first kappa shape index (κ1) is 11.5. The van der Waals surface area contributed by atoms with Gasteiger partial charge in [0, 0.05) is 11.4 Å². The minimum absolute atomic E-state index is 0.652. The molecule has 16 heavy (non-hydrogen) atoms. The minimum Gasteiger partial charge on any atom is -0.298 e. The predicted molar refractivity (Wildman–Crippen MR) is 67.2 cm³/mol. The molecule has 0 bridgehead atoms. The van der Waals surface area contributed by atoms with Crippen LogP contribution in [0.1, 0.15) is 9.88 Å². The number of hydrogen-bond donors (Lipinski definition) is 2. The second-order valence-electron chi connectivity index (χ2n) is 3.40. The largest absolute Gasteiger partial charge is 0.298 e. The summed E-state index contributed by atoms with van der Waals surface area (Å²) in [5.41, 5.74) is 2.49. The van der Waals surface area contributed by atoms with Gasteiger partial charge in [-0.2, -0.15) is 0 Å². The number of hydrazine groups is 1. The Morgan fingerprint density at radius 1 is 1.44 bits per heavy atom. The lowest BCUT2D eigenvalue weighted by molar-refractivity contribution is 0.320. The molecule has 0 radical (unpaired) electrons. The van der Waals surface area contributed by atoms with E-state index in [9.17, 15) is 0 Å². The van der Waals surface area contributed by atoms with Crippen molar-refractivity contribution in [1.82, 2.24) is 15.1 Å². The molecule has 86 valence electrons. The zero-order valence-electron chi connectivity index (χ0n) is 8.88. The van der Waals surface area contributed by atoms with Crippen molar-refractivity contribution in [3.63, 3.8) is 0 Å². The maximum Gasteiger partial charge on any atom is 0.219 e. The summed E-state index contributed by atoms with van der Waals surface area (Å²) in [6.07, 6.45) is 0. The van der Waals surface area contributed by atoms with Crippen molar-refractivity contribution in [2.45, 2.75) is 13.1 Å². The van der Waals surface area contributed by atoms with E-state index in [2.05, 4.69) is 45.1 Å². The van der Waals surface area contributed by atoms with Crippen molar-refractivity contribution in [3.05, 3.63) is 27.4 Å². The highest BCUT2D eigenvalue weighted by Crippen LogP contribution is 2.17. The van der Waals surface area contributed by atoms with Crippen molar-refractivity contribution in [2.75, 3.05) is 12.5 Å². The van der Waals surface area contributed by atoms with Crippen LogP contribution in [0.25, 0.3) is 0 Å². The fourth-order valence-corrected chi connectivity index (χ4v) is 2.85. The summed E-state index contributed by atoms with van der Waals surface area (Å²) in [5, 5.41) is 11.6. The lowest BCUT2D eigenvalue weighted by Gasteiger charge is -2.12. The summed E-state index contributed by atoms with van der Waals surface area (Å²) < 4.78 is 0. The maximum atomic E-state index is 5.25. The molecule has 0 saturated heterocycles. The van der Waals surface area contributed by atoms with Crippen molar-refractivity contribution in [3.8, 4) is 0 Å². The number of thiophene rings is 1. The van der Waals surface area contributed by atoms with Crippen molar-refractivity contribution in [2.24, 2.45) is 5.84 Å². The molecule has 5 nitrogen and oxygen atoms in total. The van der Waals surface area contributed by atoms with E-state index in [1.54, 1.807) is 11.3 Å². The van der Waals surface area contributed by atoms with Crippen LogP contribution in [0.3, 0.4) is 0 Å². The van der Waals surface area contributed by atoms with Gasteiger partial charge in [-0.15, -0.1) is 21.5 Å². The quantitative estimate of drug-likeness (QED) is 0.626. The van der Waals surface area contributed by atoms with Gasteiger partial charge in [0.1, 0.15) is 5.01 Å². The molecular weight excluding hydrogens is 242 g/mol. The number of nitrogen functional groups attached to an aromatic ring is 1. The first-order valence-corrected chi connectivity index (χ1v) is 6.47. The average molecular weight is 255 g/mol. The Hall–Kier alpha value is -1.02. The van der Waals surface area contributed by atoms with Crippen LogP contribution < -0.4 is 11.3 Å². The van der Waals surface area contributed by atoms with Gasteiger partial charge in [0.05, 0.1) is 6.54 Å². The summed E-state index contributed by atoms with van der Waals surface area (Å²) in [7, 11) is 2.07. The third-order valence-electron chi connectivity index (χ3n) is 2.00. The zero-order valence-corrected chi connectivity index (χ0v) is 10.5. The number of aromatic nitrogens is 2. The highest BCUT2D eigenvalue weighted by atomic mass is 32.1. The molecule has 0 aliphatic carbocycles. The highest BCUT2D eigenvalue weighted by molar-refractivity contribution is 7.15. The summed E-state index contributed by atoms with van der Waals surface area (Å²) in [6.45, 7) is 1.72. The maximum absolute atomic E-state index is 5.25. The molecule has 0 saturated carbocycles. The van der Waals surface area contributed by atoms with E-state index in [4.69, 9.17) is 5.84 Å².